The van der Waals surface area contributed by atoms with E-state index in [0.717, 1.165) is 22.3 Å². The van der Waals surface area contributed by atoms with E-state index in [4.69, 9.17) is 4.74 Å². The van der Waals surface area contributed by atoms with Crippen LogP contribution in [-0.2, 0) is 11.8 Å². The summed E-state index contributed by atoms with van der Waals surface area (Å²) in [5.41, 5.74) is 2.75. The van der Waals surface area contributed by atoms with Crippen molar-refractivity contribution in [2.45, 2.75) is 45.7 Å². The van der Waals surface area contributed by atoms with Crippen LogP contribution in [0.25, 0.3) is 11.0 Å². The number of ether oxygens (including phenoxy) is 1. The van der Waals surface area contributed by atoms with E-state index >= 15 is 0 Å². The quantitative estimate of drug-likeness (QED) is 0.824. The molecule has 1 N–H and O–H groups in total. The standard InChI is InChI=1S/C18H27N5O2/c1-11-8-12(2)20-17-16(11)18(21-23(17)5)25-10-15(24)19-9-13(3)22(4)14-6-7-14/h8,13-14H,6-7,9-10H2,1-5H3,(H,19,24). The molecule has 2 heterocycles. The number of hydrogen-bond donors (Lipinski definition) is 1. The largest absolute Gasteiger partial charge is 0.466 e. The molecule has 25 heavy (non-hydrogen) atoms. The lowest BCUT2D eigenvalue weighted by molar-refractivity contribution is -0.123. The van der Waals surface area contributed by atoms with Gasteiger partial charge in [-0.1, -0.05) is 0 Å². The van der Waals surface area contributed by atoms with Crippen LogP contribution >= 0.6 is 0 Å². The Bertz CT molecular complexity index is 781. The molecule has 1 amide bonds. The molecular formula is C18H27N5O2. The topological polar surface area (TPSA) is 72.3 Å². The third-order valence-corrected chi connectivity index (χ3v) is 4.84. The lowest BCUT2D eigenvalue weighted by Gasteiger charge is -2.24. The maximum Gasteiger partial charge on any atom is 0.258 e. The van der Waals surface area contributed by atoms with Crippen LogP contribution in [0.1, 0.15) is 31.0 Å². The first-order valence-electron chi connectivity index (χ1n) is 8.79. The van der Waals surface area contributed by atoms with E-state index < -0.39 is 0 Å². The molecule has 3 rings (SSSR count). The summed E-state index contributed by atoms with van der Waals surface area (Å²) in [5.74, 6) is 0.327. The van der Waals surface area contributed by atoms with Gasteiger partial charge in [0.1, 0.15) is 0 Å². The number of fused-ring (bicyclic) bond motifs is 1. The summed E-state index contributed by atoms with van der Waals surface area (Å²) in [4.78, 5) is 18.9. The number of nitrogens with one attached hydrogen (secondary N) is 1. The van der Waals surface area contributed by atoms with Crippen LogP contribution in [0.4, 0.5) is 0 Å². The highest BCUT2D eigenvalue weighted by molar-refractivity contribution is 5.85. The van der Waals surface area contributed by atoms with Gasteiger partial charge in [0.05, 0.1) is 5.39 Å². The normalized spacial score (nSPS) is 15.6. The van der Waals surface area contributed by atoms with Crippen molar-refractivity contribution in [1.82, 2.24) is 25.0 Å². The molecule has 136 valence electrons. The van der Waals surface area contributed by atoms with E-state index in [9.17, 15) is 4.79 Å². The van der Waals surface area contributed by atoms with E-state index in [1.54, 1.807) is 4.68 Å². The Kier molecular flexibility index (Phi) is 4.94. The third-order valence-electron chi connectivity index (χ3n) is 4.84. The fourth-order valence-corrected chi connectivity index (χ4v) is 3.08. The number of pyridine rings is 1. The molecule has 7 heteroatoms. The smallest absolute Gasteiger partial charge is 0.258 e. The summed E-state index contributed by atoms with van der Waals surface area (Å²) in [6, 6.07) is 3.00. The number of aromatic nitrogens is 3. The predicted octanol–water partition coefficient (Wildman–Crippen LogP) is 1.56. The van der Waals surface area contributed by atoms with Gasteiger partial charge in [-0.15, -0.1) is 5.10 Å². The fourth-order valence-electron chi connectivity index (χ4n) is 3.08. The summed E-state index contributed by atoms with van der Waals surface area (Å²) in [6.07, 6.45) is 2.52. The van der Waals surface area contributed by atoms with Gasteiger partial charge in [0.25, 0.3) is 5.91 Å². The minimum absolute atomic E-state index is 0.0424. The highest BCUT2D eigenvalue weighted by atomic mass is 16.5. The van der Waals surface area contributed by atoms with Crippen molar-refractivity contribution < 1.29 is 9.53 Å². The average Bonchev–Trinajstić information content (AvgIpc) is 3.35. The Morgan fingerprint density at radius 1 is 1.48 bits per heavy atom. The van der Waals surface area contributed by atoms with Crippen LogP contribution in [0.3, 0.4) is 0 Å². The molecule has 1 saturated carbocycles. The van der Waals surface area contributed by atoms with E-state index in [0.29, 0.717) is 24.5 Å². The average molecular weight is 345 g/mol. The molecule has 7 nitrogen and oxygen atoms in total. The minimum atomic E-state index is -0.132. The van der Waals surface area contributed by atoms with Crippen LogP contribution in [0.5, 0.6) is 5.88 Å². The summed E-state index contributed by atoms with van der Waals surface area (Å²) < 4.78 is 7.37. The van der Waals surface area contributed by atoms with Crippen LogP contribution in [0.15, 0.2) is 6.07 Å². The number of rotatable bonds is 7. The summed E-state index contributed by atoms with van der Waals surface area (Å²) in [5, 5.41) is 8.16. The van der Waals surface area contributed by atoms with Crippen molar-refractivity contribution in [1.29, 1.82) is 0 Å². The molecule has 0 aromatic carbocycles. The van der Waals surface area contributed by atoms with Gasteiger partial charge >= 0.3 is 0 Å². The summed E-state index contributed by atoms with van der Waals surface area (Å²) >= 11 is 0. The number of aryl methyl sites for hydroxylation is 3. The molecule has 1 fully saturated rings. The lowest BCUT2D eigenvalue weighted by atomic mass is 10.2. The molecule has 0 radical (unpaired) electrons. The predicted molar refractivity (Wildman–Crippen MR) is 96.7 cm³/mol. The zero-order valence-corrected chi connectivity index (χ0v) is 15.7. The maximum atomic E-state index is 12.1. The fraction of sp³-hybridized carbons (Fsp3) is 0.611. The van der Waals surface area contributed by atoms with E-state index in [-0.39, 0.29) is 12.5 Å². The van der Waals surface area contributed by atoms with Gasteiger partial charge < -0.3 is 10.1 Å². The molecule has 2 aromatic heterocycles. The summed E-state index contributed by atoms with van der Waals surface area (Å²) in [6.45, 7) is 6.66. The van der Waals surface area contributed by atoms with Crippen molar-refractivity contribution in [3.05, 3.63) is 17.3 Å². The molecule has 0 saturated heterocycles. The minimum Gasteiger partial charge on any atom is -0.466 e. The van der Waals surface area contributed by atoms with Gasteiger partial charge in [-0.05, 0) is 52.3 Å². The zero-order valence-electron chi connectivity index (χ0n) is 15.7. The molecule has 1 unspecified atom stereocenters. The molecule has 1 atom stereocenters. The van der Waals surface area contributed by atoms with Crippen molar-refractivity contribution in [3.8, 4) is 5.88 Å². The van der Waals surface area contributed by atoms with Crippen LogP contribution in [-0.4, -0.2) is 57.9 Å². The number of carbonyl (C=O) groups excluding carboxylic acids is 1. The Morgan fingerprint density at radius 2 is 2.20 bits per heavy atom. The van der Waals surface area contributed by atoms with E-state index in [1.807, 2.05) is 27.0 Å². The second kappa shape index (κ2) is 7.00. The molecule has 0 bridgehead atoms. The first kappa shape index (κ1) is 17.7. The number of carbonyl (C=O) groups is 1. The first-order chi connectivity index (χ1) is 11.9. The van der Waals surface area contributed by atoms with Crippen molar-refractivity contribution in [2.75, 3.05) is 20.2 Å². The van der Waals surface area contributed by atoms with Crippen LogP contribution in [0.2, 0.25) is 0 Å². The van der Waals surface area contributed by atoms with E-state index in [2.05, 4.69) is 34.3 Å². The van der Waals surface area contributed by atoms with Gasteiger partial charge in [0, 0.05) is 31.4 Å². The van der Waals surface area contributed by atoms with Crippen LogP contribution in [0, 0.1) is 13.8 Å². The lowest BCUT2D eigenvalue weighted by Crippen LogP contribution is -2.42. The molecule has 2 aromatic rings. The Labute approximate surface area is 148 Å². The highest BCUT2D eigenvalue weighted by Gasteiger charge is 2.29. The van der Waals surface area contributed by atoms with Gasteiger partial charge in [0.2, 0.25) is 5.88 Å². The molecule has 1 aliphatic carbocycles. The van der Waals surface area contributed by atoms with Crippen molar-refractivity contribution in [2.24, 2.45) is 7.05 Å². The van der Waals surface area contributed by atoms with Gasteiger partial charge in [-0.2, -0.15) is 0 Å². The van der Waals surface area contributed by atoms with Gasteiger partial charge in [-0.3, -0.25) is 9.69 Å². The van der Waals surface area contributed by atoms with Crippen LogP contribution < -0.4 is 10.1 Å². The maximum absolute atomic E-state index is 12.1. The Morgan fingerprint density at radius 3 is 2.88 bits per heavy atom. The number of likely N-dealkylation sites (N-methyl/N-ethyl adjacent to an activating group) is 1. The zero-order chi connectivity index (χ0) is 18.1. The molecule has 0 spiro atoms. The Hall–Kier alpha value is -2.15. The number of hydrogen-bond acceptors (Lipinski definition) is 5. The summed E-state index contributed by atoms with van der Waals surface area (Å²) in [7, 11) is 3.94. The number of nitrogens with zero attached hydrogens (tertiary/aromatic N) is 4. The molecular weight excluding hydrogens is 318 g/mol. The number of amides is 1. The monoisotopic (exact) mass is 345 g/mol. The van der Waals surface area contributed by atoms with Crippen molar-refractivity contribution in [3.63, 3.8) is 0 Å². The highest BCUT2D eigenvalue weighted by Crippen LogP contribution is 2.27. The van der Waals surface area contributed by atoms with Crippen molar-refractivity contribution >= 4 is 16.9 Å². The second-order valence-electron chi connectivity index (χ2n) is 7.05. The molecule has 1 aliphatic rings. The SMILES string of the molecule is Cc1cc(C)c2c(OCC(=O)NCC(C)N(C)C3CC3)nn(C)c2n1. The molecule has 0 aliphatic heterocycles. The third kappa shape index (κ3) is 3.92. The first-order valence-corrected chi connectivity index (χ1v) is 8.79. The second-order valence-corrected chi connectivity index (χ2v) is 7.05. The van der Waals surface area contributed by atoms with Gasteiger partial charge in [-0.25, -0.2) is 9.67 Å². The Balaban J connectivity index is 1.58. The van der Waals surface area contributed by atoms with Gasteiger partial charge in [0.15, 0.2) is 12.3 Å². The van der Waals surface area contributed by atoms with E-state index in [1.165, 1.54) is 12.8 Å².